The molecule has 88 valence electrons. The summed E-state index contributed by atoms with van der Waals surface area (Å²) in [4.78, 5) is 0. The molecule has 0 aliphatic rings. The maximum absolute atomic E-state index is 13.5. The molecule has 0 radical (unpaired) electrons. The Kier molecular flexibility index (Phi) is 3.64. The summed E-state index contributed by atoms with van der Waals surface area (Å²) in [5.74, 6) is -1.15. The van der Waals surface area contributed by atoms with Gasteiger partial charge in [0.15, 0.2) is 11.5 Å². The van der Waals surface area contributed by atoms with Crippen molar-refractivity contribution in [3.05, 3.63) is 58.3 Å². The number of ether oxygens (including phenoxy) is 1. The van der Waals surface area contributed by atoms with E-state index in [-0.39, 0.29) is 12.4 Å². The van der Waals surface area contributed by atoms with Crippen molar-refractivity contribution in [2.24, 2.45) is 0 Å². The van der Waals surface area contributed by atoms with Gasteiger partial charge in [0.25, 0.3) is 0 Å². The lowest BCUT2D eigenvalue weighted by Gasteiger charge is -2.08. The smallest absolute Gasteiger partial charge is 0.206 e. The molecule has 0 atom stereocenters. The number of hydrogen-bond acceptors (Lipinski definition) is 2. The Bertz CT molecular complexity index is 514. The Morgan fingerprint density at radius 1 is 1.18 bits per heavy atom. The van der Waals surface area contributed by atoms with Crippen LogP contribution in [-0.2, 0) is 6.61 Å². The van der Waals surface area contributed by atoms with Crippen LogP contribution in [-0.4, -0.2) is 5.11 Å². The highest BCUT2D eigenvalue weighted by atomic mass is 79.9. The van der Waals surface area contributed by atoms with Gasteiger partial charge in [-0.05, 0) is 17.7 Å². The molecule has 0 fully saturated rings. The standard InChI is InChI=1S/C13H10BrFO2/c14-10-6-11(16)13(15)12(7-10)17-8-9-4-2-1-3-5-9/h1-7,16H,8H2. The van der Waals surface area contributed by atoms with Crippen molar-refractivity contribution in [3.8, 4) is 11.5 Å². The van der Waals surface area contributed by atoms with Crippen LogP contribution in [0.15, 0.2) is 46.9 Å². The van der Waals surface area contributed by atoms with Crippen LogP contribution in [0, 0.1) is 5.82 Å². The first-order valence-corrected chi connectivity index (χ1v) is 5.81. The fraction of sp³-hybridized carbons (Fsp3) is 0.0769. The number of phenolic OH excluding ortho intramolecular Hbond substituents is 1. The van der Waals surface area contributed by atoms with Gasteiger partial charge in [-0.15, -0.1) is 0 Å². The van der Waals surface area contributed by atoms with E-state index < -0.39 is 11.6 Å². The van der Waals surface area contributed by atoms with Gasteiger partial charge >= 0.3 is 0 Å². The van der Waals surface area contributed by atoms with Gasteiger partial charge < -0.3 is 9.84 Å². The summed E-state index contributed by atoms with van der Waals surface area (Å²) in [5.41, 5.74) is 0.936. The second kappa shape index (κ2) is 5.19. The fourth-order valence-electron chi connectivity index (χ4n) is 1.39. The molecular formula is C13H10BrFO2. The summed E-state index contributed by atoms with van der Waals surface area (Å²) < 4.78 is 19.4. The minimum absolute atomic E-state index is 0.0285. The Labute approximate surface area is 107 Å². The number of benzene rings is 2. The lowest BCUT2D eigenvalue weighted by atomic mass is 10.2. The minimum atomic E-state index is -0.746. The van der Waals surface area contributed by atoms with E-state index in [4.69, 9.17) is 4.74 Å². The molecule has 1 N–H and O–H groups in total. The monoisotopic (exact) mass is 296 g/mol. The molecule has 0 aliphatic heterocycles. The second-order valence-corrected chi connectivity index (χ2v) is 4.43. The van der Waals surface area contributed by atoms with Crippen molar-refractivity contribution < 1.29 is 14.2 Å². The zero-order valence-electron chi connectivity index (χ0n) is 8.86. The van der Waals surface area contributed by atoms with E-state index in [0.29, 0.717) is 4.47 Å². The van der Waals surface area contributed by atoms with Gasteiger partial charge in [0.2, 0.25) is 5.82 Å². The van der Waals surface area contributed by atoms with E-state index in [9.17, 15) is 9.50 Å². The number of halogens is 2. The maximum Gasteiger partial charge on any atom is 0.206 e. The van der Waals surface area contributed by atoms with Crippen molar-refractivity contribution in [1.29, 1.82) is 0 Å². The molecule has 0 amide bonds. The summed E-state index contributed by atoms with van der Waals surface area (Å²) in [6, 6.07) is 12.2. The van der Waals surface area contributed by atoms with Crippen LogP contribution >= 0.6 is 15.9 Å². The van der Waals surface area contributed by atoms with Crippen LogP contribution in [0.1, 0.15) is 5.56 Å². The molecule has 0 unspecified atom stereocenters. The molecule has 0 aliphatic carbocycles. The van der Waals surface area contributed by atoms with Gasteiger partial charge in [0, 0.05) is 4.47 Å². The van der Waals surface area contributed by atoms with Crippen molar-refractivity contribution in [3.63, 3.8) is 0 Å². The SMILES string of the molecule is Oc1cc(Br)cc(OCc2ccccc2)c1F. The highest BCUT2D eigenvalue weighted by molar-refractivity contribution is 9.10. The van der Waals surface area contributed by atoms with Crippen LogP contribution < -0.4 is 4.74 Å². The predicted molar refractivity (Wildman–Crippen MR) is 66.5 cm³/mol. The molecule has 0 saturated heterocycles. The van der Waals surface area contributed by atoms with Crippen molar-refractivity contribution in [2.45, 2.75) is 6.61 Å². The molecule has 0 aromatic heterocycles. The summed E-state index contributed by atoms with van der Waals surface area (Å²) in [5, 5.41) is 9.29. The lowest BCUT2D eigenvalue weighted by Crippen LogP contribution is -1.97. The van der Waals surface area contributed by atoms with Crippen LogP contribution in [0.5, 0.6) is 11.5 Å². The quantitative estimate of drug-likeness (QED) is 0.931. The van der Waals surface area contributed by atoms with Crippen LogP contribution in [0.2, 0.25) is 0 Å². The van der Waals surface area contributed by atoms with Gasteiger partial charge in [-0.3, -0.25) is 0 Å². The summed E-state index contributed by atoms with van der Waals surface area (Å²) in [6.45, 7) is 0.258. The molecule has 2 aromatic rings. The predicted octanol–water partition coefficient (Wildman–Crippen LogP) is 3.87. The average molecular weight is 297 g/mol. The summed E-state index contributed by atoms with van der Waals surface area (Å²) in [7, 11) is 0. The Hall–Kier alpha value is -1.55. The molecular weight excluding hydrogens is 287 g/mol. The third-order valence-electron chi connectivity index (χ3n) is 2.22. The first-order valence-electron chi connectivity index (χ1n) is 5.01. The summed E-state index contributed by atoms with van der Waals surface area (Å²) >= 11 is 3.17. The van der Waals surface area contributed by atoms with E-state index in [2.05, 4.69) is 15.9 Å². The van der Waals surface area contributed by atoms with E-state index in [0.717, 1.165) is 5.56 Å². The third-order valence-corrected chi connectivity index (χ3v) is 2.68. The van der Waals surface area contributed by atoms with E-state index >= 15 is 0 Å². The van der Waals surface area contributed by atoms with Gasteiger partial charge in [-0.25, -0.2) is 0 Å². The van der Waals surface area contributed by atoms with Gasteiger partial charge in [0.1, 0.15) is 6.61 Å². The van der Waals surface area contributed by atoms with Crippen molar-refractivity contribution in [1.82, 2.24) is 0 Å². The van der Waals surface area contributed by atoms with E-state index in [1.165, 1.54) is 12.1 Å². The van der Waals surface area contributed by atoms with Crippen LogP contribution in [0.25, 0.3) is 0 Å². The molecule has 2 rings (SSSR count). The maximum atomic E-state index is 13.5. The second-order valence-electron chi connectivity index (χ2n) is 3.51. The third kappa shape index (κ3) is 2.97. The van der Waals surface area contributed by atoms with Crippen molar-refractivity contribution >= 4 is 15.9 Å². The molecule has 0 spiro atoms. The Balaban J connectivity index is 2.14. The average Bonchev–Trinajstić information content (AvgIpc) is 2.33. The molecule has 4 heteroatoms. The molecule has 0 saturated carbocycles. The van der Waals surface area contributed by atoms with Crippen LogP contribution in [0.4, 0.5) is 4.39 Å². The highest BCUT2D eigenvalue weighted by Crippen LogP contribution is 2.30. The first kappa shape index (κ1) is 11.9. The fourth-order valence-corrected chi connectivity index (χ4v) is 1.82. The van der Waals surface area contributed by atoms with Gasteiger partial charge in [-0.2, -0.15) is 4.39 Å². The topological polar surface area (TPSA) is 29.5 Å². The normalized spacial score (nSPS) is 10.2. The molecule has 2 aromatic carbocycles. The van der Waals surface area contributed by atoms with Crippen LogP contribution in [0.3, 0.4) is 0 Å². The van der Waals surface area contributed by atoms with Gasteiger partial charge in [-0.1, -0.05) is 46.3 Å². The van der Waals surface area contributed by atoms with Crippen molar-refractivity contribution in [2.75, 3.05) is 0 Å². The molecule has 0 heterocycles. The van der Waals surface area contributed by atoms with Gasteiger partial charge in [0.05, 0.1) is 0 Å². The zero-order chi connectivity index (χ0) is 12.3. The van der Waals surface area contributed by atoms with E-state index in [1.54, 1.807) is 0 Å². The minimum Gasteiger partial charge on any atom is -0.505 e. The number of hydrogen-bond donors (Lipinski definition) is 1. The van der Waals surface area contributed by atoms with E-state index in [1.807, 2.05) is 30.3 Å². The number of aromatic hydroxyl groups is 1. The summed E-state index contributed by atoms with van der Waals surface area (Å²) in [6.07, 6.45) is 0. The Morgan fingerprint density at radius 2 is 1.88 bits per heavy atom. The zero-order valence-corrected chi connectivity index (χ0v) is 10.4. The largest absolute Gasteiger partial charge is 0.505 e. The first-order chi connectivity index (χ1) is 8.16. The molecule has 2 nitrogen and oxygen atoms in total. The number of rotatable bonds is 3. The highest BCUT2D eigenvalue weighted by Gasteiger charge is 2.10. The molecule has 17 heavy (non-hydrogen) atoms. The number of phenols is 1. The lowest BCUT2D eigenvalue weighted by molar-refractivity contribution is 0.284. The Morgan fingerprint density at radius 3 is 2.59 bits per heavy atom. The molecule has 0 bridgehead atoms.